The number of thioether (sulfide) groups is 1. The number of rotatable bonds is 4. The van der Waals surface area contributed by atoms with Gasteiger partial charge in [0.25, 0.3) is 0 Å². The van der Waals surface area contributed by atoms with Crippen LogP contribution in [0.1, 0.15) is 11.1 Å². The third kappa shape index (κ3) is 3.31. The molecule has 106 valence electrons. The number of nitrogens with one attached hydrogen (secondary N) is 1. The maximum atomic E-state index is 13.7. The van der Waals surface area contributed by atoms with Crippen molar-refractivity contribution in [2.45, 2.75) is 17.8 Å². The summed E-state index contributed by atoms with van der Waals surface area (Å²) in [6, 6.07) is 14.9. The summed E-state index contributed by atoms with van der Waals surface area (Å²) in [5.74, 6) is 0.942. The molecule has 3 rings (SSSR count). The van der Waals surface area contributed by atoms with Crippen LogP contribution in [0, 0.1) is 12.7 Å². The smallest absolute Gasteiger partial charge is 0.209 e. The van der Waals surface area contributed by atoms with E-state index in [1.165, 1.54) is 29.0 Å². The molecule has 5 heteroatoms. The summed E-state index contributed by atoms with van der Waals surface area (Å²) in [7, 11) is 0. The molecule has 0 saturated heterocycles. The first-order chi connectivity index (χ1) is 10.2. The van der Waals surface area contributed by atoms with Crippen LogP contribution in [0.4, 0.5) is 4.39 Å². The van der Waals surface area contributed by atoms with Gasteiger partial charge in [0.2, 0.25) is 5.16 Å². The Morgan fingerprint density at radius 2 is 1.86 bits per heavy atom. The maximum Gasteiger partial charge on any atom is 0.209 e. The van der Waals surface area contributed by atoms with Gasteiger partial charge in [-0.1, -0.05) is 53.7 Å². The van der Waals surface area contributed by atoms with Crippen molar-refractivity contribution >= 4 is 11.8 Å². The molecule has 0 bridgehead atoms. The second-order valence-corrected chi connectivity index (χ2v) is 5.66. The van der Waals surface area contributed by atoms with Crippen LogP contribution in [0.3, 0.4) is 0 Å². The Balaban J connectivity index is 1.71. The van der Waals surface area contributed by atoms with Crippen molar-refractivity contribution in [3.63, 3.8) is 0 Å². The molecule has 21 heavy (non-hydrogen) atoms. The zero-order valence-electron chi connectivity index (χ0n) is 11.5. The first kappa shape index (κ1) is 13.8. The minimum absolute atomic E-state index is 0.302. The Bertz CT molecular complexity index is 737. The number of nitrogens with zero attached hydrogens (tertiary/aromatic N) is 2. The van der Waals surface area contributed by atoms with E-state index in [9.17, 15) is 4.39 Å². The molecule has 0 atom stereocenters. The first-order valence-electron chi connectivity index (χ1n) is 6.58. The molecule has 2 aromatic carbocycles. The normalized spacial score (nSPS) is 10.8. The molecule has 3 aromatic rings. The zero-order chi connectivity index (χ0) is 14.7. The molecule has 1 heterocycles. The van der Waals surface area contributed by atoms with Crippen LogP contribution in [0.5, 0.6) is 0 Å². The average molecular weight is 299 g/mol. The number of benzene rings is 2. The summed E-state index contributed by atoms with van der Waals surface area (Å²) in [4.78, 5) is 4.33. The molecule has 3 nitrogen and oxygen atoms in total. The van der Waals surface area contributed by atoms with Gasteiger partial charge in [-0.15, -0.1) is 5.10 Å². The van der Waals surface area contributed by atoms with E-state index >= 15 is 0 Å². The molecule has 0 aliphatic rings. The number of aromatic amines is 1. The molecule has 0 fully saturated rings. The lowest BCUT2D eigenvalue weighted by molar-refractivity contribution is 0.630. The van der Waals surface area contributed by atoms with Gasteiger partial charge in [0.05, 0.1) is 5.56 Å². The van der Waals surface area contributed by atoms with E-state index in [0.717, 1.165) is 5.75 Å². The molecular weight excluding hydrogens is 285 g/mol. The predicted octanol–water partition coefficient (Wildman–Crippen LogP) is 4.21. The van der Waals surface area contributed by atoms with Gasteiger partial charge in [-0.05, 0) is 24.6 Å². The van der Waals surface area contributed by atoms with E-state index < -0.39 is 0 Å². The van der Waals surface area contributed by atoms with E-state index in [-0.39, 0.29) is 5.82 Å². The second kappa shape index (κ2) is 6.10. The van der Waals surface area contributed by atoms with Gasteiger partial charge in [0, 0.05) is 5.75 Å². The van der Waals surface area contributed by atoms with Crippen molar-refractivity contribution in [2.75, 3.05) is 0 Å². The van der Waals surface area contributed by atoms with Crippen LogP contribution in [-0.2, 0) is 5.75 Å². The van der Waals surface area contributed by atoms with E-state index in [2.05, 4.69) is 46.4 Å². The topological polar surface area (TPSA) is 41.6 Å². The summed E-state index contributed by atoms with van der Waals surface area (Å²) in [5.41, 5.74) is 2.89. The summed E-state index contributed by atoms with van der Waals surface area (Å²) >= 11 is 1.52. The quantitative estimate of drug-likeness (QED) is 0.734. The molecule has 0 aliphatic carbocycles. The van der Waals surface area contributed by atoms with Gasteiger partial charge < -0.3 is 0 Å². The Kier molecular flexibility index (Phi) is 4.01. The van der Waals surface area contributed by atoms with E-state index in [4.69, 9.17) is 0 Å². The third-order valence-corrected chi connectivity index (χ3v) is 4.00. The molecular formula is C16H14FN3S. The van der Waals surface area contributed by atoms with Crippen LogP contribution in [0.25, 0.3) is 11.4 Å². The zero-order valence-corrected chi connectivity index (χ0v) is 12.3. The van der Waals surface area contributed by atoms with Crippen LogP contribution < -0.4 is 0 Å². The van der Waals surface area contributed by atoms with E-state index in [0.29, 0.717) is 16.5 Å². The highest BCUT2D eigenvalue weighted by Crippen LogP contribution is 2.23. The fourth-order valence-electron chi connectivity index (χ4n) is 1.92. The number of aromatic nitrogens is 3. The molecule has 1 N–H and O–H groups in total. The molecule has 0 unspecified atom stereocenters. The largest absolute Gasteiger partial charge is 0.258 e. The highest BCUT2D eigenvalue weighted by molar-refractivity contribution is 7.98. The Labute approximate surface area is 126 Å². The molecule has 1 aromatic heterocycles. The van der Waals surface area contributed by atoms with Gasteiger partial charge in [0.1, 0.15) is 5.82 Å². The van der Waals surface area contributed by atoms with Gasteiger partial charge in [-0.3, -0.25) is 5.10 Å². The first-order valence-corrected chi connectivity index (χ1v) is 7.56. The fraction of sp³-hybridized carbons (Fsp3) is 0.125. The highest BCUT2D eigenvalue weighted by Gasteiger charge is 2.10. The minimum Gasteiger partial charge on any atom is -0.258 e. The molecule has 0 spiro atoms. The van der Waals surface area contributed by atoms with Crippen molar-refractivity contribution in [1.82, 2.24) is 15.2 Å². The molecule has 0 saturated carbocycles. The maximum absolute atomic E-state index is 13.7. The lowest BCUT2D eigenvalue weighted by Crippen LogP contribution is -1.85. The fourth-order valence-corrected chi connectivity index (χ4v) is 2.67. The third-order valence-electron chi connectivity index (χ3n) is 3.08. The Morgan fingerprint density at radius 3 is 2.62 bits per heavy atom. The molecule has 0 aliphatic heterocycles. The summed E-state index contributed by atoms with van der Waals surface area (Å²) in [5, 5.41) is 7.53. The SMILES string of the molecule is Cc1ccc(CSc2n[nH]c(-c3ccccc3F)n2)cc1. The summed E-state index contributed by atoms with van der Waals surface area (Å²) in [6.07, 6.45) is 0. The minimum atomic E-state index is -0.302. The number of halogens is 1. The van der Waals surface area contributed by atoms with Crippen molar-refractivity contribution < 1.29 is 4.39 Å². The second-order valence-electron chi connectivity index (χ2n) is 4.72. The van der Waals surface area contributed by atoms with Crippen LogP contribution in [0.2, 0.25) is 0 Å². The van der Waals surface area contributed by atoms with Crippen LogP contribution in [0.15, 0.2) is 53.7 Å². The number of H-pyrrole nitrogens is 1. The lowest BCUT2D eigenvalue weighted by atomic mass is 10.2. The monoisotopic (exact) mass is 299 g/mol. The van der Waals surface area contributed by atoms with Crippen LogP contribution >= 0.6 is 11.8 Å². The number of hydrogen-bond acceptors (Lipinski definition) is 3. The van der Waals surface area contributed by atoms with Crippen molar-refractivity contribution in [3.05, 3.63) is 65.5 Å². The van der Waals surface area contributed by atoms with Gasteiger partial charge in [0.15, 0.2) is 5.82 Å². The van der Waals surface area contributed by atoms with E-state index in [1.54, 1.807) is 18.2 Å². The average Bonchev–Trinajstić information content (AvgIpc) is 2.96. The number of aryl methyl sites for hydroxylation is 1. The highest BCUT2D eigenvalue weighted by atomic mass is 32.2. The number of hydrogen-bond donors (Lipinski definition) is 1. The van der Waals surface area contributed by atoms with Crippen LogP contribution in [-0.4, -0.2) is 15.2 Å². The Morgan fingerprint density at radius 1 is 1.10 bits per heavy atom. The lowest BCUT2D eigenvalue weighted by Gasteiger charge is -1.99. The van der Waals surface area contributed by atoms with Crippen molar-refractivity contribution in [1.29, 1.82) is 0 Å². The summed E-state index contributed by atoms with van der Waals surface area (Å²) < 4.78 is 13.7. The van der Waals surface area contributed by atoms with Crippen molar-refractivity contribution in [3.8, 4) is 11.4 Å². The Hall–Kier alpha value is -2.14. The van der Waals surface area contributed by atoms with Gasteiger partial charge in [-0.25, -0.2) is 9.37 Å². The predicted molar refractivity (Wildman–Crippen MR) is 82.5 cm³/mol. The standard InChI is InChI=1S/C16H14FN3S/c1-11-6-8-12(9-7-11)10-21-16-18-15(19-20-16)13-4-2-3-5-14(13)17/h2-9H,10H2,1H3,(H,18,19,20). The van der Waals surface area contributed by atoms with Gasteiger partial charge >= 0.3 is 0 Å². The molecule has 0 amide bonds. The van der Waals surface area contributed by atoms with E-state index in [1.807, 2.05) is 0 Å². The van der Waals surface area contributed by atoms with Crippen molar-refractivity contribution in [2.24, 2.45) is 0 Å². The van der Waals surface area contributed by atoms with Gasteiger partial charge in [-0.2, -0.15) is 0 Å². The summed E-state index contributed by atoms with van der Waals surface area (Å²) in [6.45, 7) is 2.06. The molecule has 0 radical (unpaired) electrons.